The number of hydrogen-bond acceptors (Lipinski definition) is 5. The first kappa shape index (κ1) is 20.2. The van der Waals surface area contributed by atoms with Gasteiger partial charge in [0.15, 0.2) is 5.58 Å². The van der Waals surface area contributed by atoms with Crippen LogP contribution in [0.25, 0.3) is 11.1 Å². The van der Waals surface area contributed by atoms with Gasteiger partial charge in [-0.25, -0.2) is 14.2 Å². The Bertz CT molecular complexity index is 823. The second kappa shape index (κ2) is 8.06. The smallest absolute Gasteiger partial charge is 0.421 e. The number of aromatic nitrogens is 1. The van der Waals surface area contributed by atoms with Crippen molar-refractivity contribution in [3.05, 3.63) is 34.3 Å². The van der Waals surface area contributed by atoms with E-state index in [0.717, 1.165) is 6.04 Å². The normalized spacial score (nSPS) is 14.3. The fraction of sp³-hybridized carbons (Fsp3) is 0.529. The van der Waals surface area contributed by atoms with E-state index in [1.807, 2.05) is 0 Å². The third-order valence-corrected chi connectivity index (χ3v) is 5.78. The molecule has 1 amide bonds. The molecule has 0 radical (unpaired) electrons. The highest BCUT2D eigenvalue weighted by atomic mass is 28.3. The molecule has 0 unspecified atom stereocenters. The van der Waals surface area contributed by atoms with Gasteiger partial charge in [0, 0.05) is 14.7 Å². The molecule has 0 spiro atoms. The molecule has 1 heterocycles. The van der Waals surface area contributed by atoms with Crippen LogP contribution in [0.4, 0.5) is 4.79 Å². The van der Waals surface area contributed by atoms with Crippen LogP contribution in [0.1, 0.15) is 18.6 Å². The molecule has 26 heavy (non-hydrogen) atoms. The average Bonchev–Trinajstić information content (AvgIpc) is 2.83. The number of amides is 1. The summed E-state index contributed by atoms with van der Waals surface area (Å²) >= 11 is 0. The molecule has 8 nitrogen and oxygen atoms in total. The number of nitrogens with one attached hydrogen (secondary N) is 1. The van der Waals surface area contributed by atoms with E-state index in [2.05, 4.69) is 25.0 Å². The lowest BCUT2D eigenvalue weighted by atomic mass is 10.0. The molecule has 2 aromatic rings. The van der Waals surface area contributed by atoms with Crippen LogP contribution >= 0.6 is 0 Å². The maximum Gasteiger partial charge on any atom is 0.421 e. The van der Waals surface area contributed by atoms with Gasteiger partial charge in [0.1, 0.15) is 6.73 Å². The minimum Gasteiger partial charge on any atom is -0.465 e. The Hall–Kier alpha value is -2.10. The highest BCUT2D eigenvalue weighted by molar-refractivity contribution is 6.76. The Labute approximate surface area is 152 Å². The lowest BCUT2D eigenvalue weighted by molar-refractivity contribution is 0.0850. The van der Waals surface area contributed by atoms with Gasteiger partial charge in [-0.2, -0.15) is 0 Å². The molecule has 0 aliphatic heterocycles. The number of aliphatic hydroxyl groups is 1. The fourth-order valence-corrected chi connectivity index (χ4v) is 3.24. The van der Waals surface area contributed by atoms with Crippen LogP contribution in [0.2, 0.25) is 25.7 Å². The SMILES string of the molecule is C[C@H](NC(=O)O)[C@H](O)c1ccc2c(c1)oc(=O)n2COCC[Si](C)(C)C. The van der Waals surface area contributed by atoms with Crippen LogP contribution in [0.15, 0.2) is 27.4 Å². The number of oxazole rings is 1. The van der Waals surface area contributed by atoms with Gasteiger partial charge in [-0.15, -0.1) is 0 Å². The second-order valence-corrected chi connectivity index (χ2v) is 13.2. The molecular formula is C17H26N2O6Si. The molecule has 0 aliphatic carbocycles. The zero-order valence-corrected chi connectivity index (χ0v) is 16.5. The number of carbonyl (C=O) groups is 1. The molecule has 3 N–H and O–H groups in total. The summed E-state index contributed by atoms with van der Waals surface area (Å²) in [4.78, 5) is 22.8. The van der Waals surface area contributed by atoms with Gasteiger partial charge in [-0.1, -0.05) is 25.7 Å². The summed E-state index contributed by atoms with van der Waals surface area (Å²) in [6, 6.07) is 5.14. The maximum atomic E-state index is 12.1. The zero-order valence-electron chi connectivity index (χ0n) is 15.5. The summed E-state index contributed by atoms with van der Waals surface area (Å²) in [5, 5.41) is 21.2. The highest BCUT2D eigenvalue weighted by Gasteiger charge is 2.20. The van der Waals surface area contributed by atoms with Crippen molar-refractivity contribution < 1.29 is 24.2 Å². The average molecular weight is 382 g/mol. The summed E-state index contributed by atoms with van der Waals surface area (Å²) < 4.78 is 12.3. The van der Waals surface area contributed by atoms with Crippen LogP contribution in [0, 0.1) is 0 Å². The number of aliphatic hydroxyl groups excluding tert-OH is 1. The molecule has 9 heteroatoms. The number of nitrogens with zero attached hydrogens (tertiary/aromatic N) is 1. The summed E-state index contributed by atoms with van der Waals surface area (Å²) in [6.45, 7) is 9.00. The second-order valence-electron chi connectivity index (χ2n) is 7.55. The highest BCUT2D eigenvalue weighted by Crippen LogP contribution is 2.22. The molecule has 0 saturated carbocycles. The number of ether oxygens (including phenoxy) is 1. The molecule has 1 aromatic carbocycles. The van der Waals surface area contributed by atoms with Gasteiger partial charge < -0.3 is 24.7 Å². The van der Waals surface area contributed by atoms with Gasteiger partial charge >= 0.3 is 11.8 Å². The molecule has 0 fully saturated rings. The van der Waals surface area contributed by atoms with Crippen molar-refractivity contribution in [3.63, 3.8) is 0 Å². The van der Waals surface area contributed by atoms with Crippen molar-refractivity contribution >= 4 is 25.3 Å². The lowest BCUT2D eigenvalue weighted by Crippen LogP contribution is -2.35. The van der Waals surface area contributed by atoms with Crippen LogP contribution in [-0.2, 0) is 11.5 Å². The maximum absolute atomic E-state index is 12.1. The quantitative estimate of drug-likeness (QED) is 0.478. The van der Waals surface area contributed by atoms with E-state index >= 15 is 0 Å². The molecule has 144 valence electrons. The first-order valence-electron chi connectivity index (χ1n) is 8.47. The Balaban J connectivity index is 2.14. The molecule has 1 aromatic heterocycles. The van der Waals surface area contributed by atoms with Crippen LogP contribution in [-0.4, -0.2) is 41.6 Å². The Morgan fingerprint density at radius 1 is 1.38 bits per heavy atom. The first-order chi connectivity index (χ1) is 12.1. The van der Waals surface area contributed by atoms with E-state index in [1.165, 1.54) is 4.57 Å². The zero-order chi connectivity index (χ0) is 19.5. The van der Waals surface area contributed by atoms with Crippen molar-refractivity contribution in [1.29, 1.82) is 0 Å². The predicted molar refractivity (Wildman–Crippen MR) is 100 cm³/mol. The van der Waals surface area contributed by atoms with E-state index in [-0.39, 0.29) is 6.73 Å². The number of fused-ring (bicyclic) bond motifs is 1. The van der Waals surface area contributed by atoms with Gasteiger partial charge in [0.05, 0.1) is 17.7 Å². The number of rotatable bonds is 8. The van der Waals surface area contributed by atoms with Crippen molar-refractivity contribution in [2.24, 2.45) is 0 Å². The minimum atomic E-state index is -1.22. The number of carboxylic acid groups (broad SMARTS) is 1. The monoisotopic (exact) mass is 382 g/mol. The predicted octanol–water partition coefficient (Wildman–Crippen LogP) is 2.60. The van der Waals surface area contributed by atoms with Gasteiger partial charge in [-0.3, -0.25) is 0 Å². The third kappa shape index (κ3) is 5.20. The molecule has 0 saturated heterocycles. The summed E-state index contributed by atoms with van der Waals surface area (Å²) in [7, 11) is -1.20. The Kier molecular flexibility index (Phi) is 6.27. The van der Waals surface area contributed by atoms with E-state index in [4.69, 9.17) is 14.3 Å². The van der Waals surface area contributed by atoms with E-state index < -0.39 is 32.1 Å². The Morgan fingerprint density at radius 3 is 2.69 bits per heavy atom. The van der Waals surface area contributed by atoms with E-state index in [1.54, 1.807) is 25.1 Å². The number of benzene rings is 1. The molecule has 2 atom stereocenters. The molecular weight excluding hydrogens is 356 g/mol. The topological polar surface area (TPSA) is 114 Å². The third-order valence-electron chi connectivity index (χ3n) is 4.08. The molecule has 2 rings (SSSR count). The van der Waals surface area contributed by atoms with Gasteiger partial charge in [0.2, 0.25) is 0 Å². The van der Waals surface area contributed by atoms with Crippen molar-refractivity contribution in [3.8, 4) is 0 Å². The van der Waals surface area contributed by atoms with Crippen LogP contribution in [0.3, 0.4) is 0 Å². The van der Waals surface area contributed by atoms with E-state index in [0.29, 0.717) is 23.3 Å². The van der Waals surface area contributed by atoms with Crippen molar-refractivity contribution in [1.82, 2.24) is 9.88 Å². The Morgan fingerprint density at radius 2 is 2.08 bits per heavy atom. The van der Waals surface area contributed by atoms with Crippen molar-refractivity contribution in [2.75, 3.05) is 6.61 Å². The van der Waals surface area contributed by atoms with Gasteiger partial charge in [-0.05, 0) is 30.7 Å². The van der Waals surface area contributed by atoms with Gasteiger partial charge in [0.25, 0.3) is 0 Å². The first-order valence-corrected chi connectivity index (χ1v) is 12.2. The number of hydrogen-bond donors (Lipinski definition) is 3. The largest absolute Gasteiger partial charge is 0.465 e. The minimum absolute atomic E-state index is 0.106. The molecule has 0 bridgehead atoms. The standard InChI is InChI=1S/C17H26N2O6Si/c1-11(18-16(21)22)15(20)12-5-6-13-14(9-12)25-17(23)19(13)10-24-7-8-26(2,3)4/h5-6,9,11,15,18,20H,7-8,10H2,1-4H3,(H,21,22)/t11-,15-/m0/s1. The summed E-state index contributed by atoms with van der Waals surface area (Å²) in [5.41, 5.74) is 1.35. The fourth-order valence-electron chi connectivity index (χ4n) is 2.49. The van der Waals surface area contributed by atoms with Crippen molar-refractivity contribution in [2.45, 2.75) is 51.5 Å². The molecule has 0 aliphatic rings. The van der Waals surface area contributed by atoms with Crippen LogP contribution < -0.4 is 11.1 Å². The summed E-state index contributed by atoms with van der Waals surface area (Å²) in [6.07, 6.45) is -2.28. The van der Waals surface area contributed by atoms with Crippen LogP contribution in [0.5, 0.6) is 0 Å². The summed E-state index contributed by atoms with van der Waals surface area (Å²) in [5.74, 6) is -0.531. The lowest BCUT2D eigenvalue weighted by Gasteiger charge is -2.18. The van der Waals surface area contributed by atoms with E-state index in [9.17, 15) is 14.7 Å².